The zero-order valence-corrected chi connectivity index (χ0v) is 10.7. The summed E-state index contributed by atoms with van der Waals surface area (Å²) in [6.07, 6.45) is 0.620. The molecule has 4 heteroatoms. The van der Waals surface area contributed by atoms with Gasteiger partial charge in [0.2, 0.25) is 0 Å². The predicted molar refractivity (Wildman–Crippen MR) is 79.6 cm³/mol. The molecule has 0 bridgehead atoms. The van der Waals surface area contributed by atoms with E-state index in [0.717, 1.165) is 10.9 Å². The number of carbonyl (C=O) groups excluding carboxylic acids is 1. The van der Waals surface area contributed by atoms with Crippen LogP contribution in [0.3, 0.4) is 0 Å². The van der Waals surface area contributed by atoms with Gasteiger partial charge in [-0.2, -0.15) is 0 Å². The first-order valence-electron chi connectivity index (χ1n) is 6.05. The van der Waals surface area contributed by atoms with E-state index in [2.05, 4.69) is 4.98 Å². The molecule has 20 heavy (non-hydrogen) atoms. The molecule has 1 aromatic heterocycles. The van der Waals surface area contributed by atoms with Crippen LogP contribution in [0.25, 0.3) is 10.9 Å². The largest absolute Gasteiger partial charge is 0.507 e. The van der Waals surface area contributed by atoms with Gasteiger partial charge in [-0.15, -0.1) is 0 Å². The highest BCUT2D eigenvalue weighted by atomic mass is 16.3. The predicted octanol–water partition coefficient (Wildman–Crippen LogP) is 3.02. The molecule has 0 saturated carbocycles. The monoisotopic (exact) mass is 266 g/mol. The second-order valence-corrected chi connectivity index (χ2v) is 4.11. The van der Waals surface area contributed by atoms with Crippen LogP contribution in [0.5, 0.6) is 5.75 Å². The lowest BCUT2D eigenvalue weighted by Gasteiger charge is -1.95. The molecule has 0 amide bonds. The van der Waals surface area contributed by atoms with E-state index < -0.39 is 0 Å². The lowest BCUT2D eigenvalue weighted by molar-refractivity contribution is 0.112. The Hall–Kier alpha value is -2.88. The molecule has 0 aliphatic heterocycles. The standard InChI is InChI=1S/C9H8N2.C7H6O2/c10-9-6-5-7-3-1-2-4-8(7)11-9;8-5-6-3-1-2-4-7(6)9/h1-6H,(H2,10,11);1-5,9H. The smallest absolute Gasteiger partial charge is 0.153 e. The van der Waals surface area contributed by atoms with Crippen molar-refractivity contribution >= 4 is 23.0 Å². The minimum Gasteiger partial charge on any atom is -0.507 e. The van der Waals surface area contributed by atoms with Crippen molar-refractivity contribution in [3.63, 3.8) is 0 Å². The number of aldehydes is 1. The van der Waals surface area contributed by atoms with Crippen LogP contribution in [0, 0.1) is 0 Å². The third-order valence-corrected chi connectivity index (χ3v) is 2.68. The fourth-order valence-corrected chi connectivity index (χ4v) is 1.67. The van der Waals surface area contributed by atoms with Crippen molar-refractivity contribution in [1.82, 2.24) is 4.98 Å². The van der Waals surface area contributed by atoms with Gasteiger partial charge in [0.15, 0.2) is 6.29 Å². The average molecular weight is 266 g/mol. The van der Waals surface area contributed by atoms with Crippen molar-refractivity contribution in [2.75, 3.05) is 5.73 Å². The fraction of sp³-hybridized carbons (Fsp3) is 0. The number of carbonyl (C=O) groups is 1. The van der Waals surface area contributed by atoms with Crippen LogP contribution in [0.15, 0.2) is 60.7 Å². The van der Waals surface area contributed by atoms with Gasteiger partial charge in [-0.1, -0.05) is 30.3 Å². The number of para-hydroxylation sites is 2. The Kier molecular flexibility index (Phi) is 4.29. The van der Waals surface area contributed by atoms with Gasteiger partial charge < -0.3 is 10.8 Å². The molecule has 100 valence electrons. The number of nitrogens with zero attached hydrogens (tertiary/aromatic N) is 1. The Balaban J connectivity index is 0.000000151. The second kappa shape index (κ2) is 6.33. The molecule has 0 aliphatic carbocycles. The molecule has 0 unspecified atom stereocenters. The number of aromatic nitrogens is 1. The van der Waals surface area contributed by atoms with Crippen molar-refractivity contribution in [3.05, 3.63) is 66.2 Å². The zero-order chi connectivity index (χ0) is 14.4. The van der Waals surface area contributed by atoms with Crippen LogP contribution in [0.4, 0.5) is 5.82 Å². The number of anilines is 1. The summed E-state index contributed by atoms with van der Waals surface area (Å²) in [5.41, 5.74) is 6.80. The van der Waals surface area contributed by atoms with E-state index in [0.29, 0.717) is 17.7 Å². The summed E-state index contributed by atoms with van der Waals surface area (Å²) >= 11 is 0. The van der Waals surface area contributed by atoms with Crippen LogP contribution in [-0.4, -0.2) is 16.4 Å². The molecule has 0 saturated heterocycles. The molecule has 0 spiro atoms. The van der Waals surface area contributed by atoms with Gasteiger partial charge in [0.25, 0.3) is 0 Å². The Labute approximate surface area is 116 Å². The average Bonchev–Trinajstić information content (AvgIpc) is 2.48. The normalized spacial score (nSPS) is 9.60. The highest BCUT2D eigenvalue weighted by Crippen LogP contribution is 2.12. The van der Waals surface area contributed by atoms with Gasteiger partial charge in [-0.25, -0.2) is 4.98 Å². The fourth-order valence-electron chi connectivity index (χ4n) is 1.67. The summed E-state index contributed by atoms with van der Waals surface area (Å²) in [6.45, 7) is 0. The molecule has 3 aromatic rings. The molecule has 0 radical (unpaired) electrons. The number of phenols is 1. The summed E-state index contributed by atoms with van der Waals surface area (Å²) < 4.78 is 0. The molecular formula is C16H14N2O2. The number of aromatic hydroxyl groups is 1. The summed E-state index contributed by atoms with van der Waals surface area (Å²) in [5, 5.41) is 10.0. The molecule has 0 fully saturated rings. The maximum atomic E-state index is 10.1. The first-order chi connectivity index (χ1) is 9.70. The maximum absolute atomic E-state index is 10.1. The van der Waals surface area contributed by atoms with Crippen LogP contribution >= 0.6 is 0 Å². The summed E-state index contributed by atoms with van der Waals surface area (Å²) in [6, 6.07) is 18.1. The Morgan fingerprint density at radius 2 is 1.65 bits per heavy atom. The van der Waals surface area contributed by atoms with Crippen LogP contribution in [0.1, 0.15) is 10.4 Å². The molecule has 0 aliphatic rings. The Morgan fingerprint density at radius 3 is 2.35 bits per heavy atom. The second-order valence-electron chi connectivity index (χ2n) is 4.11. The molecule has 4 nitrogen and oxygen atoms in total. The molecule has 3 rings (SSSR count). The summed E-state index contributed by atoms with van der Waals surface area (Å²) in [7, 11) is 0. The van der Waals surface area contributed by atoms with Crippen molar-refractivity contribution in [2.45, 2.75) is 0 Å². The van der Waals surface area contributed by atoms with Gasteiger partial charge in [-0.3, -0.25) is 4.79 Å². The quantitative estimate of drug-likeness (QED) is 0.664. The number of rotatable bonds is 1. The number of pyridine rings is 1. The van der Waals surface area contributed by atoms with E-state index in [1.807, 2.05) is 36.4 Å². The third kappa shape index (κ3) is 3.32. The van der Waals surface area contributed by atoms with Crippen molar-refractivity contribution in [1.29, 1.82) is 0 Å². The van der Waals surface area contributed by atoms with Crippen molar-refractivity contribution in [2.24, 2.45) is 0 Å². The number of nitrogens with two attached hydrogens (primary N) is 1. The lowest BCUT2D eigenvalue weighted by Crippen LogP contribution is -1.88. The first-order valence-corrected chi connectivity index (χ1v) is 6.05. The van der Waals surface area contributed by atoms with E-state index in [4.69, 9.17) is 10.8 Å². The number of nitrogen functional groups attached to an aromatic ring is 1. The summed E-state index contributed by atoms with van der Waals surface area (Å²) in [5.74, 6) is 0.608. The van der Waals surface area contributed by atoms with E-state index in [-0.39, 0.29) is 5.75 Å². The minimum absolute atomic E-state index is 0.0347. The van der Waals surface area contributed by atoms with Gasteiger partial charge >= 0.3 is 0 Å². The number of phenolic OH excluding ortho intramolecular Hbond substituents is 1. The molecular weight excluding hydrogens is 252 g/mol. The lowest BCUT2D eigenvalue weighted by atomic mass is 10.2. The Bertz CT molecular complexity index is 726. The number of benzene rings is 2. The number of hydrogen-bond acceptors (Lipinski definition) is 4. The van der Waals surface area contributed by atoms with Gasteiger partial charge in [0.1, 0.15) is 11.6 Å². The van der Waals surface area contributed by atoms with Crippen LogP contribution < -0.4 is 5.73 Å². The Morgan fingerprint density at radius 1 is 0.950 bits per heavy atom. The van der Waals surface area contributed by atoms with Crippen LogP contribution in [-0.2, 0) is 0 Å². The third-order valence-electron chi connectivity index (χ3n) is 2.68. The van der Waals surface area contributed by atoms with E-state index in [1.165, 1.54) is 6.07 Å². The highest BCUT2D eigenvalue weighted by Gasteiger charge is 1.93. The van der Waals surface area contributed by atoms with Crippen molar-refractivity contribution in [3.8, 4) is 5.75 Å². The van der Waals surface area contributed by atoms with E-state index >= 15 is 0 Å². The maximum Gasteiger partial charge on any atom is 0.153 e. The van der Waals surface area contributed by atoms with Gasteiger partial charge in [0.05, 0.1) is 11.1 Å². The van der Waals surface area contributed by atoms with Crippen LogP contribution in [0.2, 0.25) is 0 Å². The van der Waals surface area contributed by atoms with E-state index in [1.54, 1.807) is 18.2 Å². The first kappa shape index (κ1) is 13.5. The molecule has 3 N–H and O–H groups in total. The summed E-state index contributed by atoms with van der Waals surface area (Å²) in [4.78, 5) is 14.2. The number of fused-ring (bicyclic) bond motifs is 1. The SMILES string of the molecule is Nc1ccc2ccccc2n1.O=Cc1ccccc1O. The topological polar surface area (TPSA) is 76.2 Å². The van der Waals surface area contributed by atoms with Crippen molar-refractivity contribution < 1.29 is 9.90 Å². The molecule has 2 aromatic carbocycles. The number of hydrogen-bond donors (Lipinski definition) is 2. The zero-order valence-electron chi connectivity index (χ0n) is 10.7. The highest BCUT2D eigenvalue weighted by molar-refractivity contribution is 5.79. The van der Waals surface area contributed by atoms with Gasteiger partial charge in [0, 0.05) is 5.39 Å². The van der Waals surface area contributed by atoms with E-state index in [9.17, 15) is 4.79 Å². The van der Waals surface area contributed by atoms with Gasteiger partial charge in [-0.05, 0) is 30.3 Å². The minimum atomic E-state index is 0.0347. The molecule has 0 atom stereocenters. The molecule has 1 heterocycles.